The minimum absolute atomic E-state index is 0.0664. The summed E-state index contributed by atoms with van der Waals surface area (Å²) in [5.74, 6) is 0.228. The van der Waals surface area contributed by atoms with Crippen LogP contribution in [0.15, 0.2) is 18.2 Å². The van der Waals surface area contributed by atoms with Gasteiger partial charge in [-0.15, -0.1) is 11.3 Å². The number of likely N-dealkylation sites (tertiary alicyclic amines) is 1. The van der Waals surface area contributed by atoms with E-state index < -0.39 is 0 Å². The summed E-state index contributed by atoms with van der Waals surface area (Å²) < 4.78 is 15.6. The minimum Gasteiger partial charge on any atom is -0.294 e. The molecule has 0 aromatic carbocycles. The maximum absolute atomic E-state index is 14.7. The highest BCUT2D eigenvalue weighted by molar-refractivity contribution is 7.18. The van der Waals surface area contributed by atoms with Crippen LogP contribution < -0.4 is 0 Å². The largest absolute Gasteiger partial charge is 0.294 e. The topological polar surface area (TPSA) is 41.9 Å². The molecular formula is C21H25FN4S. The Balaban J connectivity index is 1.60. The Morgan fingerprint density at radius 2 is 1.85 bits per heavy atom. The first-order chi connectivity index (χ1) is 12.9. The predicted octanol–water partition coefficient (Wildman–Crippen LogP) is 5.09. The summed E-state index contributed by atoms with van der Waals surface area (Å²) in [5, 5.41) is 0.920. The van der Waals surface area contributed by atoms with Gasteiger partial charge in [0.2, 0.25) is 0 Å². The molecule has 2 atom stereocenters. The lowest BCUT2D eigenvalue weighted by atomic mass is 9.89. The van der Waals surface area contributed by atoms with Crippen molar-refractivity contribution in [3.05, 3.63) is 51.7 Å². The molecule has 0 N–H and O–H groups in total. The SMILES string of the molecule is Cc1cc([C@H]2CCCN(C(C)c3nc4nc(C)sc4cc3F)C2)cc(C)n1. The zero-order valence-electron chi connectivity index (χ0n) is 16.3. The fourth-order valence-corrected chi connectivity index (χ4v) is 4.96. The van der Waals surface area contributed by atoms with Crippen molar-refractivity contribution in [1.29, 1.82) is 0 Å². The van der Waals surface area contributed by atoms with Gasteiger partial charge in [0.25, 0.3) is 0 Å². The molecule has 1 aliphatic rings. The van der Waals surface area contributed by atoms with E-state index in [9.17, 15) is 4.39 Å². The van der Waals surface area contributed by atoms with E-state index in [0.717, 1.165) is 47.0 Å². The summed E-state index contributed by atoms with van der Waals surface area (Å²) in [6, 6.07) is 5.91. The molecule has 1 aliphatic heterocycles. The Bertz CT molecular complexity index is 963. The Morgan fingerprint density at radius 3 is 2.59 bits per heavy atom. The number of thiazole rings is 1. The molecule has 1 fully saturated rings. The van der Waals surface area contributed by atoms with E-state index in [1.807, 2.05) is 20.8 Å². The Labute approximate surface area is 163 Å². The summed E-state index contributed by atoms with van der Waals surface area (Å²) in [6.07, 6.45) is 2.27. The van der Waals surface area contributed by atoms with Crippen LogP contribution in [-0.2, 0) is 0 Å². The Kier molecular flexibility index (Phi) is 4.95. The van der Waals surface area contributed by atoms with Gasteiger partial charge in [0.15, 0.2) is 5.65 Å². The predicted molar refractivity (Wildman–Crippen MR) is 108 cm³/mol. The van der Waals surface area contributed by atoms with Crippen molar-refractivity contribution in [2.45, 2.75) is 52.5 Å². The zero-order chi connectivity index (χ0) is 19.1. The molecule has 0 amide bonds. The van der Waals surface area contributed by atoms with Gasteiger partial charge in [0, 0.05) is 17.9 Å². The number of hydrogen-bond acceptors (Lipinski definition) is 5. The highest BCUT2D eigenvalue weighted by atomic mass is 32.1. The van der Waals surface area contributed by atoms with Gasteiger partial charge in [-0.05, 0) is 76.8 Å². The maximum Gasteiger partial charge on any atom is 0.171 e. The number of piperidine rings is 1. The van der Waals surface area contributed by atoms with Gasteiger partial charge in [-0.2, -0.15) is 0 Å². The third kappa shape index (κ3) is 3.73. The molecule has 0 spiro atoms. The van der Waals surface area contributed by atoms with Crippen LogP contribution in [0.2, 0.25) is 0 Å². The van der Waals surface area contributed by atoms with Crippen LogP contribution >= 0.6 is 11.3 Å². The number of aromatic nitrogens is 3. The first kappa shape index (κ1) is 18.4. The molecule has 6 heteroatoms. The lowest BCUT2D eigenvalue weighted by molar-refractivity contribution is 0.153. The molecule has 4 nitrogen and oxygen atoms in total. The number of aryl methyl sites for hydroxylation is 3. The van der Waals surface area contributed by atoms with Gasteiger partial charge in [-0.3, -0.25) is 9.88 Å². The third-order valence-corrected chi connectivity index (χ3v) is 6.35. The van der Waals surface area contributed by atoms with Gasteiger partial charge in [-0.25, -0.2) is 14.4 Å². The summed E-state index contributed by atoms with van der Waals surface area (Å²) in [5.41, 5.74) is 4.64. The summed E-state index contributed by atoms with van der Waals surface area (Å²) in [6.45, 7) is 9.96. The van der Waals surface area contributed by atoms with Crippen LogP contribution in [0, 0.1) is 26.6 Å². The van der Waals surface area contributed by atoms with Crippen LogP contribution in [0.5, 0.6) is 0 Å². The van der Waals surface area contributed by atoms with E-state index in [2.05, 4.69) is 38.9 Å². The van der Waals surface area contributed by atoms with Crippen molar-refractivity contribution in [2.24, 2.45) is 0 Å². The summed E-state index contributed by atoms with van der Waals surface area (Å²) >= 11 is 1.49. The van der Waals surface area contributed by atoms with Crippen molar-refractivity contribution in [1.82, 2.24) is 19.9 Å². The molecule has 4 rings (SSSR count). The molecule has 3 aromatic heterocycles. The molecule has 4 heterocycles. The third-order valence-electron chi connectivity index (χ3n) is 5.44. The van der Waals surface area contributed by atoms with E-state index in [0.29, 0.717) is 17.3 Å². The summed E-state index contributed by atoms with van der Waals surface area (Å²) in [4.78, 5) is 15.9. The van der Waals surface area contributed by atoms with Crippen molar-refractivity contribution >= 4 is 21.7 Å². The highest BCUT2D eigenvalue weighted by Gasteiger charge is 2.28. The van der Waals surface area contributed by atoms with E-state index in [-0.39, 0.29) is 11.9 Å². The second-order valence-electron chi connectivity index (χ2n) is 7.60. The molecular weight excluding hydrogens is 359 g/mol. The molecule has 1 unspecified atom stereocenters. The maximum atomic E-state index is 14.7. The number of fused-ring (bicyclic) bond motifs is 1. The Morgan fingerprint density at radius 1 is 1.11 bits per heavy atom. The number of rotatable bonds is 3. The molecule has 142 valence electrons. The molecule has 0 aliphatic carbocycles. The Hall–Kier alpha value is -1.92. The average molecular weight is 385 g/mol. The van der Waals surface area contributed by atoms with Crippen molar-refractivity contribution in [3.8, 4) is 0 Å². The normalized spacial score (nSPS) is 19.5. The van der Waals surface area contributed by atoms with Crippen LogP contribution in [0.25, 0.3) is 10.3 Å². The second-order valence-corrected chi connectivity index (χ2v) is 8.84. The molecule has 0 bridgehead atoms. The zero-order valence-corrected chi connectivity index (χ0v) is 17.1. The summed E-state index contributed by atoms with van der Waals surface area (Å²) in [7, 11) is 0. The standard InChI is InChI=1S/C21H25FN4S/c1-12-8-17(9-13(2)23-12)16-6-5-7-26(11-16)14(3)20-18(22)10-19-21(25-20)24-15(4)27-19/h8-10,14,16H,5-7,11H2,1-4H3/t14?,16-/m0/s1. The van der Waals surface area contributed by atoms with Gasteiger partial charge in [0.1, 0.15) is 5.82 Å². The highest BCUT2D eigenvalue weighted by Crippen LogP contribution is 2.33. The van der Waals surface area contributed by atoms with E-state index in [1.54, 1.807) is 6.07 Å². The van der Waals surface area contributed by atoms with Crippen LogP contribution in [0.3, 0.4) is 0 Å². The number of halogens is 1. The fourth-order valence-electron chi connectivity index (χ4n) is 4.16. The number of pyridine rings is 2. The number of hydrogen-bond donors (Lipinski definition) is 0. The van der Waals surface area contributed by atoms with Crippen molar-refractivity contribution in [2.75, 3.05) is 13.1 Å². The molecule has 0 radical (unpaired) electrons. The lowest BCUT2D eigenvalue weighted by Crippen LogP contribution is -2.37. The van der Waals surface area contributed by atoms with Gasteiger partial charge >= 0.3 is 0 Å². The van der Waals surface area contributed by atoms with Crippen molar-refractivity contribution in [3.63, 3.8) is 0 Å². The van der Waals surface area contributed by atoms with E-state index in [4.69, 9.17) is 0 Å². The van der Waals surface area contributed by atoms with E-state index >= 15 is 0 Å². The average Bonchev–Trinajstić information content (AvgIpc) is 2.98. The van der Waals surface area contributed by atoms with Crippen molar-refractivity contribution < 1.29 is 4.39 Å². The number of nitrogens with zero attached hydrogens (tertiary/aromatic N) is 4. The van der Waals surface area contributed by atoms with Gasteiger partial charge in [-0.1, -0.05) is 0 Å². The smallest absolute Gasteiger partial charge is 0.171 e. The second kappa shape index (κ2) is 7.24. The molecule has 27 heavy (non-hydrogen) atoms. The minimum atomic E-state index is -0.226. The monoisotopic (exact) mass is 384 g/mol. The van der Waals surface area contributed by atoms with Gasteiger partial charge < -0.3 is 0 Å². The van der Waals surface area contributed by atoms with Gasteiger partial charge in [0.05, 0.1) is 21.4 Å². The lowest BCUT2D eigenvalue weighted by Gasteiger charge is -2.37. The molecule has 0 saturated carbocycles. The van der Waals surface area contributed by atoms with Crippen LogP contribution in [0.4, 0.5) is 4.39 Å². The van der Waals surface area contributed by atoms with E-state index in [1.165, 1.54) is 16.9 Å². The fraction of sp³-hybridized carbons (Fsp3) is 0.476. The molecule has 3 aromatic rings. The molecule has 1 saturated heterocycles. The first-order valence-electron chi connectivity index (χ1n) is 9.53. The first-order valence-corrected chi connectivity index (χ1v) is 10.3. The quantitative estimate of drug-likeness (QED) is 0.631. The van der Waals surface area contributed by atoms with Crippen LogP contribution in [-0.4, -0.2) is 32.9 Å². The van der Waals surface area contributed by atoms with Crippen LogP contribution in [0.1, 0.15) is 59.4 Å².